The zero-order valence-corrected chi connectivity index (χ0v) is 19.3. The number of carbonyl (C=O) groups is 1. The molecule has 0 spiro atoms. The fraction of sp³-hybridized carbons (Fsp3) is 0.440. The van der Waals surface area contributed by atoms with Gasteiger partial charge in [0.2, 0.25) is 0 Å². The van der Waals surface area contributed by atoms with Crippen molar-refractivity contribution in [2.45, 2.75) is 56.4 Å². The van der Waals surface area contributed by atoms with Crippen LogP contribution >= 0.6 is 0 Å². The van der Waals surface area contributed by atoms with Gasteiger partial charge in [0.1, 0.15) is 29.2 Å². The lowest BCUT2D eigenvalue weighted by atomic mass is 9.97. The number of fused-ring (bicyclic) bond motifs is 1. The minimum absolute atomic E-state index is 0.145. The van der Waals surface area contributed by atoms with E-state index in [1.807, 2.05) is 22.7 Å². The summed E-state index contributed by atoms with van der Waals surface area (Å²) in [7, 11) is 3.18. The zero-order chi connectivity index (χ0) is 24.3. The van der Waals surface area contributed by atoms with E-state index >= 15 is 0 Å². The van der Waals surface area contributed by atoms with Crippen LogP contribution in [0.25, 0.3) is 16.9 Å². The monoisotopic (exact) mass is 471 g/mol. The van der Waals surface area contributed by atoms with Crippen LogP contribution in [0.15, 0.2) is 36.7 Å². The third-order valence-corrected chi connectivity index (χ3v) is 7.16. The predicted molar refractivity (Wildman–Crippen MR) is 121 cm³/mol. The Kier molecular flexibility index (Phi) is 5.37. The third-order valence-electron chi connectivity index (χ3n) is 7.16. The molecule has 0 radical (unpaired) electrons. The maximum atomic E-state index is 13.4. The van der Waals surface area contributed by atoms with Crippen LogP contribution in [0.4, 0.5) is 8.78 Å². The molecule has 1 aromatic carbocycles. The first kappa shape index (κ1) is 22.7. The summed E-state index contributed by atoms with van der Waals surface area (Å²) < 4.78 is 39.1. The van der Waals surface area contributed by atoms with Crippen molar-refractivity contribution in [2.24, 2.45) is 0 Å². The number of pyridine rings is 1. The minimum atomic E-state index is -3.08. The summed E-state index contributed by atoms with van der Waals surface area (Å²) >= 11 is 0. The summed E-state index contributed by atoms with van der Waals surface area (Å²) in [6.07, 6.45) is 7.94. The van der Waals surface area contributed by atoms with Gasteiger partial charge in [-0.2, -0.15) is 8.78 Å². The summed E-state index contributed by atoms with van der Waals surface area (Å²) in [6.45, 7) is -1.53. The Labute approximate surface area is 195 Å². The SMILES string of the molecule is COc1cc(-c2cnc3cc(C4(C=O)CC4)ccn23)cc(OC(F)F)c1C(C)(O)N(C)C1CC1. The Morgan fingerprint density at radius 3 is 2.59 bits per heavy atom. The van der Waals surface area contributed by atoms with Gasteiger partial charge in [0.15, 0.2) is 0 Å². The van der Waals surface area contributed by atoms with Crippen LogP contribution in [0.3, 0.4) is 0 Å². The molecule has 2 aliphatic carbocycles. The lowest BCUT2D eigenvalue weighted by Crippen LogP contribution is -2.43. The number of halogens is 2. The molecule has 180 valence electrons. The van der Waals surface area contributed by atoms with Gasteiger partial charge in [-0.05, 0) is 69.5 Å². The first-order valence-corrected chi connectivity index (χ1v) is 11.3. The number of nitrogens with zero attached hydrogens (tertiary/aromatic N) is 3. The van der Waals surface area contributed by atoms with Crippen molar-refractivity contribution < 1.29 is 28.2 Å². The summed E-state index contributed by atoms with van der Waals surface area (Å²) in [5, 5.41) is 11.4. The van der Waals surface area contributed by atoms with Crippen LogP contribution < -0.4 is 9.47 Å². The molecule has 1 atom stereocenters. The van der Waals surface area contributed by atoms with Crippen LogP contribution in [0, 0.1) is 0 Å². The number of hydrogen-bond acceptors (Lipinski definition) is 6. The Hall–Kier alpha value is -3.04. The van der Waals surface area contributed by atoms with Gasteiger partial charge in [-0.1, -0.05) is 0 Å². The van der Waals surface area contributed by atoms with Gasteiger partial charge < -0.3 is 19.4 Å². The highest BCUT2D eigenvalue weighted by Crippen LogP contribution is 2.47. The fourth-order valence-electron chi connectivity index (χ4n) is 4.66. The minimum Gasteiger partial charge on any atom is -0.496 e. The van der Waals surface area contributed by atoms with Gasteiger partial charge in [-0.25, -0.2) is 4.98 Å². The van der Waals surface area contributed by atoms with Gasteiger partial charge in [-0.15, -0.1) is 0 Å². The Morgan fingerprint density at radius 2 is 2.00 bits per heavy atom. The average Bonchev–Trinajstić information content (AvgIpc) is 3.74. The first-order valence-electron chi connectivity index (χ1n) is 11.3. The second kappa shape index (κ2) is 8.02. The molecule has 5 rings (SSSR count). The summed E-state index contributed by atoms with van der Waals surface area (Å²) in [6, 6.07) is 7.09. The number of aromatic nitrogens is 2. The smallest absolute Gasteiger partial charge is 0.387 e. The number of methoxy groups -OCH3 is 1. The van der Waals surface area contributed by atoms with E-state index < -0.39 is 17.8 Å². The summed E-state index contributed by atoms with van der Waals surface area (Å²) in [5.41, 5.74) is 0.870. The Bertz CT molecular complexity index is 1250. The number of aliphatic hydroxyl groups is 1. The number of hydrogen-bond donors (Lipinski definition) is 1. The summed E-state index contributed by atoms with van der Waals surface area (Å²) in [4.78, 5) is 17.7. The van der Waals surface area contributed by atoms with Crippen molar-refractivity contribution in [1.82, 2.24) is 14.3 Å². The first-order chi connectivity index (χ1) is 16.2. The van der Waals surface area contributed by atoms with Crippen molar-refractivity contribution in [1.29, 1.82) is 0 Å². The third kappa shape index (κ3) is 3.73. The lowest BCUT2D eigenvalue weighted by Gasteiger charge is -2.36. The normalized spacial score (nSPS) is 18.8. The zero-order valence-electron chi connectivity index (χ0n) is 19.3. The molecule has 3 aromatic rings. The van der Waals surface area contributed by atoms with Crippen LogP contribution in [-0.2, 0) is 15.9 Å². The highest BCUT2D eigenvalue weighted by molar-refractivity contribution is 5.75. The van der Waals surface area contributed by atoms with Crippen molar-refractivity contribution in [2.75, 3.05) is 14.2 Å². The molecular weight excluding hydrogens is 444 g/mol. The summed E-state index contributed by atoms with van der Waals surface area (Å²) in [5.74, 6) is 0.0708. The number of benzene rings is 1. The fourth-order valence-corrected chi connectivity index (χ4v) is 4.66. The standard InChI is InChI=1S/C25H27F2N3O4/c1-24(32,29(2)17-4-5-17)22-19(33-3)10-15(11-20(22)34-23(26)27)18-13-28-21-12-16(6-9-30(18)21)25(14-31)7-8-25/h6,9-14,17,23,32H,4-5,7-8H2,1-3H3. The van der Waals surface area contributed by atoms with E-state index in [4.69, 9.17) is 9.47 Å². The van der Waals surface area contributed by atoms with Gasteiger partial charge in [-0.3, -0.25) is 9.30 Å². The second-order valence-corrected chi connectivity index (χ2v) is 9.35. The second-order valence-electron chi connectivity index (χ2n) is 9.35. The van der Waals surface area contributed by atoms with E-state index in [1.165, 1.54) is 13.2 Å². The molecule has 7 nitrogen and oxygen atoms in total. The largest absolute Gasteiger partial charge is 0.496 e. The maximum absolute atomic E-state index is 13.4. The molecule has 2 aliphatic rings. The Balaban J connectivity index is 1.62. The molecule has 0 amide bonds. The molecule has 0 bridgehead atoms. The molecule has 2 heterocycles. The molecule has 2 fully saturated rings. The topological polar surface area (TPSA) is 76.3 Å². The van der Waals surface area contributed by atoms with E-state index in [-0.39, 0.29) is 23.1 Å². The highest BCUT2D eigenvalue weighted by Gasteiger charge is 2.45. The molecule has 0 saturated heterocycles. The van der Waals surface area contributed by atoms with E-state index in [0.717, 1.165) is 37.5 Å². The molecule has 2 saturated carbocycles. The molecule has 2 aromatic heterocycles. The molecule has 0 aliphatic heterocycles. The van der Waals surface area contributed by atoms with E-state index in [9.17, 15) is 18.7 Å². The lowest BCUT2D eigenvalue weighted by molar-refractivity contribution is -0.109. The van der Waals surface area contributed by atoms with Crippen molar-refractivity contribution in [3.05, 3.63) is 47.8 Å². The number of ether oxygens (including phenoxy) is 2. The number of aldehydes is 1. The molecule has 9 heteroatoms. The molecule has 34 heavy (non-hydrogen) atoms. The predicted octanol–water partition coefficient (Wildman–Crippen LogP) is 4.10. The van der Waals surface area contributed by atoms with E-state index in [1.54, 1.807) is 31.1 Å². The van der Waals surface area contributed by atoms with Crippen molar-refractivity contribution >= 4 is 11.9 Å². The van der Waals surface area contributed by atoms with Gasteiger partial charge in [0.05, 0.1) is 30.0 Å². The van der Waals surface area contributed by atoms with Gasteiger partial charge in [0, 0.05) is 17.8 Å². The van der Waals surface area contributed by atoms with E-state index in [0.29, 0.717) is 16.9 Å². The van der Waals surface area contributed by atoms with Crippen molar-refractivity contribution in [3.63, 3.8) is 0 Å². The Morgan fingerprint density at radius 1 is 1.29 bits per heavy atom. The van der Waals surface area contributed by atoms with Crippen LogP contribution in [0.2, 0.25) is 0 Å². The van der Waals surface area contributed by atoms with Crippen LogP contribution in [0.5, 0.6) is 11.5 Å². The molecule has 1 N–H and O–H groups in total. The number of carbonyl (C=O) groups excluding carboxylic acids is 1. The van der Waals surface area contributed by atoms with Crippen LogP contribution in [-0.4, -0.2) is 52.5 Å². The van der Waals surface area contributed by atoms with E-state index in [2.05, 4.69) is 4.98 Å². The highest BCUT2D eigenvalue weighted by atomic mass is 19.3. The van der Waals surface area contributed by atoms with Gasteiger partial charge >= 0.3 is 6.61 Å². The number of alkyl halides is 2. The maximum Gasteiger partial charge on any atom is 0.387 e. The van der Waals surface area contributed by atoms with Crippen molar-refractivity contribution in [3.8, 4) is 22.8 Å². The van der Waals surface area contributed by atoms with Crippen LogP contribution in [0.1, 0.15) is 43.7 Å². The number of imidazole rings is 1. The quantitative estimate of drug-likeness (QED) is 0.374. The number of rotatable bonds is 9. The molecular formula is C25H27F2N3O4. The van der Waals surface area contributed by atoms with Gasteiger partial charge in [0.25, 0.3) is 0 Å². The molecule has 1 unspecified atom stereocenters. The average molecular weight is 472 g/mol.